The number of rotatable bonds is 21. The standard InChI is InChI=1S/C36H45N7O12/c44-25-7-1-4-22(31(25)50)34(53)40-13-10-28(47)37-16-19-43(20-17-38-29(48)11-14-41-35(54)23-5-2-8-26(45)32(23)51)21-18-39-30(49)12-15-42-36(55)24-6-3-9-27(46)33(24)52/h1-9,44-46,50-52H,10-21H2,(H,37,47)(H,38,48)(H,39,49)(H,40,53)(H,41,54)(H,42,55). The zero-order chi connectivity index (χ0) is 40.3. The number of benzene rings is 3. The minimum absolute atomic E-state index is 0.0492. The van der Waals surface area contributed by atoms with Crippen LogP contribution in [0.15, 0.2) is 54.6 Å². The fraction of sp³-hybridized carbons (Fsp3) is 0.333. The van der Waals surface area contributed by atoms with Crippen molar-refractivity contribution in [3.8, 4) is 34.5 Å². The number of carbonyl (C=O) groups is 6. The molecule has 0 saturated heterocycles. The van der Waals surface area contributed by atoms with Gasteiger partial charge in [-0.1, -0.05) is 18.2 Å². The summed E-state index contributed by atoms with van der Waals surface area (Å²) in [5.74, 6) is -6.27. The second-order valence-electron chi connectivity index (χ2n) is 11.9. The summed E-state index contributed by atoms with van der Waals surface area (Å²) in [6.45, 7) is 1.26. The Kier molecular flexibility index (Phi) is 16.8. The molecular weight excluding hydrogens is 722 g/mol. The van der Waals surface area contributed by atoms with Crippen LogP contribution >= 0.6 is 0 Å². The molecule has 296 valence electrons. The van der Waals surface area contributed by atoms with Gasteiger partial charge in [0.1, 0.15) is 0 Å². The summed E-state index contributed by atoms with van der Waals surface area (Å²) in [7, 11) is 0. The number of hydrogen-bond donors (Lipinski definition) is 12. The Morgan fingerprint density at radius 1 is 0.400 bits per heavy atom. The summed E-state index contributed by atoms with van der Waals surface area (Å²) in [6.07, 6.45) is -0.248. The van der Waals surface area contributed by atoms with Crippen molar-refractivity contribution in [3.63, 3.8) is 0 Å². The highest BCUT2D eigenvalue weighted by molar-refractivity contribution is 5.99. The highest BCUT2D eigenvalue weighted by Gasteiger charge is 2.17. The Balaban J connectivity index is 1.42. The lowest BCUT2D eigenvalue weighted by molar-refractivity contribution is -0.121. The van der Waals surface area contributed by atoms with E-state index in [2.05, 4.69) is 31.9 Å². The van der Waals surface area contributed by atoms with Crippen LogP contribution in [-0.2, 0) is 14.4 Å². The van der Waals surface area contributed by atoms with Crippen LogP contribution in [0.1, 0.15) is 50.3 Å². The van der Waals surface area contributed by atoms with E-state index in [9.17, 15) is 59.4 Å². The van der Waals surface area contributed by atoms with Gasteiger partial charge in [0.2, 0.25) is 17.7 Å². The molecule has 0 aliphatic heterocycles. The van der Waals surface area contributed by atoms with E-state index in [0.717, 1.165) is 0 Å². The molecule has 0 saturated carbocycles. The van der Waals surface area contributed by atoms with Crippen molar-refractivity contribution in [2.45, 2.75) is 19.3 Å². The Bertz CT molecular complexity index is 1630. The first-order valence-electron chi connectivity index (χ1n) is 17.2. The van der Waals surface area contributed by atoms with Crippen molar-refractivity contribution in [3.05, 3.63) is 71.3 Å². The van der Waals surface area contributed by atoms with E-state index >= 15 is 0 Å². The number of amides is 6. The molecule has 0 atom stereocenters. The second-order valence-corrected chi connectivity index (χ2v) is 11.9. The maximum Gasteiger partial charge on any atom is 0.255 e. The first kappa shape index (κ1) is 42.7. The molecule has 0 aliphatic carbocycles. The number of nitrogens with zero attached hydrogens (tertiary/aromatic N) is 1. The van der Waals surface area contributed by atoms with E-state index in [1.165, 1.54) is 54.6 Å². The first-order valence-corrected chi connectivity index (χ1v) is 17.2. The van der Waals surface area contributed by atoms with E-state index in [-0.39, 0.29) is 92.9 Å². The van der Waals surface area contributed by atoms with Crippen molar-refractivity contribution in [2.75, 3.05) is 58.9 Å². The monoisotopic (exact) mass is 767 g/mol. The lowest BCUT2D eigenvalue weighted by atomic mass is 10.1. The van der Waals surface area contributed by atoms with Crippen LogP contribution in [0.3, 0.4) is 0 Å². The van der Waals surface area contributed by atoms with Gasteiger partial charge in [-0.05, 0) is 36.4 Å². The topological polar surface area (TPSA) is 299 Å². The van der Waals surface area contributed by atoms with Crippen LogP contribution in [0.2, 0.25) is 0 Å². The lowest BCUT2D eigenvalue weighted by Gasteiger charge is -2.23. The van der Waals surface area contributed by atoms with Crippen molar-refractivity contribution < 1.29 is 59.4 Å². The largest absolute Gasteiger partial charge is 0.504 e. The lowest BCUT2D eigenvalue weighted by Crippen LogP contribution is -2.43. The summed E-state index contributed by atoms with van der Waals surface area (Å²) in [5, 5.41) is 73.9. The number of nitrogens with one attached hydrogen (secondary N) is 6. The summed E-state index contributed by atoms with van der Waals surface area (Å²) in [5.41, 5.74) is -0.439. The van der Waals surface area contributed by atoms with Gasteiger partial charge >= 0.3 is 0 Å². The van der Waals surface area contributed by atoms with Gasteiger partial charge in [0.15, 0.2) is 34.5 Å². The van der Waals surface area contributed by atoms with Gasteiger partial charge in [-0.25, -0.2) is 0 Å². The molecular formula is C36H45N7O12. The fourth-order valence-electron chi connectivity index (χ4n) is 4.96. The highest BCUT2D eigenvalue weighted by Crippen LogP contribution is 2.29. The van der Waals surface area contributed by atoms with Crippen LogP contribution in [0.5, 0.6) is 34.5 Å². The molecule has 12 N–H and O–H groups in total. The number of hydrogen-bond acceptors (Lipinski definition) is 13. The number of phenolic OH excluding ortho intramolecular Hbond substituents is 6. The van der Waals surface area contributed by atoms with E-state index in [1.54, 1.807) is 0 Å². The first-order chi connectivity index (χ1) is 26.3. The molecule has 0 fully saturated rings. The smallest absolute Gasteiger partial charge is 0.255 e. The maximum atomic E-state index is 12.4. The maximum absolute atomic E-state index is 12.4. The van der Waals surface area contributed by atoms with Gasteiger partial charge in [0.05, 0.1) is 16.7 Å². The van der Waals surface area contributed by atoms with Crippen LogP contribution in [0.4, 0.5) is 0 Å². The average molecular weight is 768 g/mol. The van der Waals surface area contributed by atoms with E-state index in [1.807, 2.05) is 4.90 Å². The normalized spacial score (nSPS) is 10.6. The summed E-state index contributed by atoms with van der Waals surface area (Å²) in [6, 6.07) is 11.8. The molecule has 0 radical (unpaired) electrons. The van der Waals surface area contributed by atoms with Crippen molar-refractivity contribution in [1.29, 1.82) is 0 Å². The predicted octanol–water partition coefficient (Wildman–Crippen LogP) is -0.669. The third-order valence-corrected chi connectivity index (χ3v) is 7.94. The van der Waals surface area contributed by atoms with Gasteiger partial charge in [0, 0.05) is 78.2 Å². The van der Waals surface area contributed by atoms with Crippen LogP contribution in [0, 0.1) is 0 Å². The average Bonchev–Trinajstić information content (AvgIpc) is 3.14. The Hall–Kier alpha value is -6.76. The number of para-hydroxylation sites is 3. The van der Waals surface area contributed by atoms with Gasteiger partial charge in [0.25, 0.3) is 17.7 Å². The highest BCUT2D eigenvalue weighted by atomic mass is 16.3. The third kappa shape index (κ3) is 14.0. The van der Waals surface area contributed by atoms with Crippen molar-refractivity contribution in [1.82, 2.24) is 36.8 Å². The quantitative estimate of drug-likeness (QED) is 0.0600. The molecule has 6 amide bonds. The van der Waals surface area contributed by atoms with E-state index < -0.39 is 52.2 Å². The van der Waals surface area contributed by atoms with E-state index in [0.29, 0.717) is 19.6 Å². The number of carbonyl (C=O) groups excluding carboxylic acids is 6. The molecule has 0 bridgehead atoms. The predicted molar refractivity (Wildman–Crippen MR) is 196 cm³/mol. The molecule has 0 heterocycles. The minimum Gasteiger partial charge on any atom is -0.504 e. The molecule has 3 rings (SSSR count). The van der Waals surface area contributed by atoms with Crippen LogP contribution < -0.4 is 31.9 Å². The van der Waals surface area contributed by atoms with Crippen molar-refractivity contribution >= 4 is 35.4 Å². The molecule has 19 nitrogen and oxygen atoms in total. The van der Waals surface area contributed by atoms with Crippen molar-refractivity contribution in [2.24, 2.45) is 0 Å². The third-order valence-electron chi connectivity index (χ3n) is 7.94. The summed E-state index contributed by atoms with van der Waals surface area (Å²) < 4.78 is 0. The Morgan fingerprint density at radius 2 is 0.673 bits per heavy atom. The number of aromatic hydroxyl groups is 6. The van der Waals surface area contributed by atoms with Gasteiger partial charge < -0.3 is 62.5 Å². The van der Waals surface area contributed by atoms with Crippen LogP contribution in [-0.4, -0.2) is 130 Å². The number of phenols is 6. The molecule has 0 aromatic heterocycles. The van der Waals surface area contributed by atoms with Gasteiger partial charge in [-0.2, -0.15) is 0 Å². The SMILES string of the molecule is O=C(CCNC(=O)c1cccc(O)c1O)NCCN(CCNC(=O)CCNC(=O)c1cccc(O)c1O)CCNC(=O)CCNC(=O)c1cccc(O)c1O. The minimum atomic E-state index is -0.673. The molecule has 3 aromatic carbocycles. The van der Waals surface area contributed by atoms with Gasteiger partial charge in [-0.3, -0.25) is 33.7 Å². The Labute approximate surface area is 315 Å². The summed E-state index contributed by atoms with van der Waals surface area (Å²) in [4.78, 5) is 76.0. The Morgan fingerprint density at radius 3 is 0.945 bits per heavy atom. The molecule has 0 spiro atoms. The summed E-state index contributed by atoms with van der Waals surface area (Å²) >= 11 is 0. The second kappa shape index (κ2) is 21.7. The fourth-order valence-corrected chi connectivity index (χ4v) is 4.96. The van der Waals surface area contributed by atoms with E-state index in [4.69, 9.17) is 0 Å². The zero-order valence-corrected chi connectivity index (χ0v) is 29.8. The molecule has 55 heavy (non-hydrogen) atoms. The molecule has 19 heteroatoms. The zero-order valence-electron chi connectivity index (χ0n) is 29.8. The molecule has 0 unspecified atom stereocenters. The molecule has 3 aromatic rings. The van der Waals surface area contributed by atoms with Gasteiger partial charge in [-0.15, -0.1) is 0 Å². The van der Waals surface area contributed by atoms with Crippen LogP contribution in [0.25, 0.3) is 0 Å². The molecule has 0 aliphatic rings.